The van der Waals surface area contributed by atoms with E-state index >= 15 is 0 Å². The van der Waals surface area contributed by atoms with Gasteiger partial charge in [-0.2, -0.15) is 0 Å². The number of fused-ring (bicyclic) bond motifs is 1. The number of hydrogen-bond acceptors (Lipinski definition) is 6. The van der Waals surface area contributed by atoms with Crippen molar-refractivity contribution in [2.75, 3.05) is 19.1 Å². The van der Waals surface area contributed by atoms with Crippen LogP contribution < -0.4 is 14.4 Å². The maximum absolute atomic E-state index is 13.1. The average Bonchev–Trinajstić information content (AvgIpc) is 3.22. The number of aryl methyl sites for hydroxylation is 1. The molecule has 0 unspecified atom stereocenters. The van der Waals surface area contributed by atoms with E-state index in [1.807, 2.05) is 19.1 Å². The van der Waals surface area contributed by atoms with Crippen molar-refractivity contribution >= 4 is 23.2 Å². The van der Waals surface area contributed by atoms with Crippen LogP contribution in [0.25, 0.3) is 0 Å². The van der Waals surface area contributed by atoms with Crippen LogP contribution in [-0.2, 0) is 14.4 Å². The smallest absolute Gasteiger partial charge is 0.278 e. The minimum Gasteiger partial charge on any atom is -0.493 e. The molecule has 0 aromatic heterocycles. The second-order valence-corrected chi connectivity index (χ2v) is 6.37. The minimum atomic E-state index is -0.968. The van der Waals surface area contributed by atoms with E-state index in [9.17, 15) is 9.59 Å². The number of anilines is 1. The third-order valence-electron chi connectivity index (χ3n) is 4.78. The topological polar surface area (TPSA) is 77.4 Å². The van der Waals surface area contributed by atoms with E-state index in [4.69, 9.17) is 14.3 Å². The molecule has 7 nitrogen and oxygen atoms in total. The predicted molar refractivity (Wildman–Crippen MR) is 98.1 cm³/mol. The fourth-order valence-corrected chi connectivity index (χ4v) is 3.44. The van der Waals surface area contributed by atoms with Crippen molar-refractivity contribution < 1.29 is 23.9 Å². The molecule has 2 atom stereocenters. The molecule has 138 valence electrons. The van der Waals surface area contributed by atoms with E-state index in [1.54, 1.807) is 30.3 Å². The number of rotatable bonds is 4. The van der Waals surface area contributed by atoms with Crippen molar-refractivity contribution in [2.45, 2.75) is 13.0 Å². The molecule has 2 heterocycles. The average molecular weight is 366 g/mol. The first-order valence-corrected chi connectivity index (χ1v) is 8.46. The Balaban J connectivity index is 1.74. The molecule has 0 radical (unpaired) electrons. The van der Waals surface area contributed by atoms with Gasteiger partial charge in [-0.1, -0.05) is 28.9 Å². The Morgan fingerprint density at radius 1 is 1.00 bits per heavy atom. The first-order valence-electron chi connectivity index (χ1n) is 8.46. The van der Waals surface area contributed by atoms with Crippen LogP contribution in [0.4, 0.5) is 5.69 Å². The summed E-state index contributed by atoms with van der Waals surface area (Å²) in [5, 5.41) is 4.03. The SMILES string of the molecule is COc1cccc(C2=NO[C@@H]3C(=O)N(c4ccc(C)cc4)C(=O)[C@@H]23)c1OC. The van der Waals surface area contributed by atoms with Crippen molar-refractivity contribution in [2.24, 2.45) is 11.1 Å². The molecular formula is C20H18N2O5. The van der Waals surface area contributed by atoms with Crippen LogP contribution in [0.5, 0.6) is 11.5 Å². The van der Waals surface area contributed by atoms with Gasteiger partial charge in [0.1, 0.15) is 11.6 Å². The Bertz CT molecular complexity index is 951. The molecule has 0 bridgehead atoms. The Hall–Kier alpha value is -3.35. The first-order chi connectivity index (χ1) is 13.1. The number of carbonyl (C=O) groups is 2. The van der Waals surface area contributed by atoms with Crippen LogP contribution in [0, 0.1) is 12.8 Å². The number of imide groups is 1. The van der Waals surface area contributed by atoms with Gasteiger partial charge >= 0.3 is 0 Å². The highest BCUT2D eigenvalue weighted by atomic mass is 16.7. The fraction of sp³-hybridized carbons (Fsp3) is 0.250. The van der Waals surface area contributed by atoms with Crippen LogP contribution in [0.15, 0.2) is 47.6 Å². The molecule has 2 amide bonds. The van der Waals surface area contributed by atoms with E-state index in [2.05, 4.69) is 5.16 Å². The van der Waals surface area contributed by atoms with Gasteiger partial charge in [0.15, 0.2) is 11.5 Å². The third kappa shape index (κ3) is 2.54. The Labute approximate surface area is 156 Å². The van der Waals surface area contributed by atoms with Crippen LogP contribution in [0.2, 0.25) is 0 Å². The lowest BCUT2D eigenvalue weighted by atomic mass is 9.93. The molecule has 2 aliphatic heterocycles. The van der Waals surface area contributed by atoms with Gasteiger partial charge < -0.3 is 14.3 Å². The summed E-state index contributed by atoms with van der Waals surface area (Å²) < 4.78 is 10.8. The standard InChI is InChI=1S/C20H18N2O5/c1-11-7-9-12(10-8-11)22-19(23)15-16(21-27-18(15)20(22)24)13-5-4-6-14(25-2)17(13)26-3/h4-10,15,18H,1-3H3/t15-,18-/m0/s1. The Kier molecular flexibility index (Phi) is 4.07. The predicted octanol–water partition coefficient (Wildman–Crippen LogP) is 2.30. The molecule has 2 aromatic carbocycles. The van der Waals surface area contributed by atoms with Crippen LogP contribution in [-0.4, -0.2) is 37.8 Å². The van der Waals surface area contributed by atoms with E-state index in [0.717, 1.165) is 10.5 Å². The van der Waals surface area contributed by atoms with Crippen LogP contribution in [0.3, 0.4) is 0 Å². The lowest BCUT2D eigenvalue weighted by molar-refractivity contribution is -0.126. The molecule has 1 saturated heterocycles. The fourth-order valence-electron chi connectivity index (χ4n) is 3.44. The molecule has 7 heteroatoms. The quantitative estimate of drug-likeness (QED) is 0.776. The summed E-state index contributed by atoms with van der Waals surface area (Å²) in [6.45, 7) is 1.94. The monoisotopic (exact) mass is 366 g/mol. The van der Waals surface area contributed by atoms with Crippen LogP contribution >= 0.6 is 0 Å². The summed E-state index contributed by atoms with van der Waals surface area (Å²) in [6.07, 6.45) is -0.968. The summed E-state index contributed by atoms with van der Waals surface area (Å²) in [6, 6.07) is 12.5. The van der Waals surface area contributed by atoms with Gasteiger partial charge in [-0.15, -0.1) is 0 Å². The zero-order valence-electron chi connectivity index (χ0n) is 15.1. The van der Waals surface area contributed by atoms with Crippen molar-refractivity contribution in [3.05, 3.63) is 53.6 Å². The van der Waals surface area contributed by atoms with E-state index < -0.39 is 17.9 Å². The summed E-state index contributed by atoms with van der Waals surface area (Å²) in [5.41, 5.74) is 2.49. The highest BCUT2D eigenvalue weighted by Crippen LogP contribution is 2.39. The zero-order chi connectivity index (χ0) is 19.1. The van der Waals surface area contributed by atoms with Crippen molar-refractivity contribution in [3.8, 4) is 11.5 Å². The van der Waals surface area contributed by atoms with Gasteiger partial charge in [-0.05, 0) is 31.2 Å². The largest absolute Gasteiger partial charge is 0.493 e. The lowest BCUT2D eigenvalue weighted by Crippen LogP contribution is -2.33. The van der Waals surface area contributed by atoms with Gasteiger partial charge in [0.2, 0.25) is 12.0 Å². The summed E-state index contributed by atoms with van der Waals surface area (Å²) in [7, 11) is 3.04. The van der Waals surface area contributed by atoms with Gasteiger partial charge in [0, 0.05) is 5.56 Å². The number of oxime groups is 1. The number of benzene rings is 2. The maximum atomic E-state index is 13.1. The summed E-state index contributed by atoms with van der Waals surface area (Å²) >= 11 is 0. The summed E-state index contributed by atoms with van der Waals surface area (Å²) in [4.78, 5) is 32.4. The zero-order valence-corrected chi connectivity index (χ0v) is 15.1. The first kappa shape index (κ1) is 17.1. The Morgan fingerprint density at radius 2 is 1.74 bits per heavy atom. The van der Waals surface area contributed by atoms with Crippen molar-refractivity contribution in [1.29, 1.82) is 0 Å². The maximum Gasteiger partial charge on any atom is 0.278 e. The molecule has 2 aromatic rings. The number of amides is 2. The molecule has 4 rings (SSSR count). The van der Waals surface area contributed by atoms with Gasteiger partial charge in [-0.3, -0.25) is 9.59 Å². The van der Waals surface area contributed by atoms with Crippen LogP contribution in [0.1, 0.15) is 11.1 Å². The molecule has 2 aliphatic rings. The van der Waals surface area contributed by atoms with Crippen molar-refractivity contribution in [3.63, 3.8) is 0 Å². The molecule has 0 N–H and O–H groups in total. The Morgan fingerprint density at radius 3 is 2.41 bits per heavy atom. The third-order valence-corrected chi connectivity index (χ3v) is 4.78. The van der Waals surface area contributed by atoms with E-state index in [1.165, 1.54) is 14.2 Å². The highest BCUT2D eigenvalue weighted by Gasteiger charge is 2.56. The number of para-hydroxylation sites is 1. The number of hydrogen-bond donors (Lipinski definition) is 0. The molecule has 0 aliphatic carbocycles. The van der Waals surface area contributed by atoms with E-state index in [-0.39, 0.29) is 5.91 Å². The molecule has 0 saturated carbocycles. The number of methoxy groups -OCH3 is 2. The second-order valence-electron chi connectivity index (χ2n) is 6.37. The number of ether oxygens (including phenoxy) is 2. The van der Waals surface area contributed by atoms with E-state index in [0.29, 0.717) is 28.5 Å². The lowest BCUT2D eigenvalue weighted by Gasteiger charge is -2.16. The minimum absolute atomic E-state index is 0.365. The normalized spacial score (nSPS) is 21.0. The van der Waals surface area contributed by atoms with Gasteiger partial charge in [-0.25, -0.2) is 4.90 Å². The molecule has 27 heavy (non-hydrogen) atoms. The van der Waals surface area contributed by atoms with Gasteiger partial charge in [0.25, 0.3) is 5.91 Å². The number of nitrogens with zero attached hydrogens (tertiary/aromatic N) is 2. The summed E-state index contributed by atoms with van der Waals surface area (Å²) in [5.74, 6) is -0.658. The molecule has 0 spiro atoms. The second kappa shape index (κ2) is 6.42. The molecular weight excluding hydrogens is 348 g/mol. The van der Waals surface area contributed by atoms with Crippen molar-refractivity contribution in [1.82, 2.24) is 0 Å². The van der Waals surface area contributed by atoms with Gasteiger partial charge in [0.05, 0.1) is 19.9 Å². The molecule has 1 fully saturated rings. The highest BCUT2D eigenvalue weighted by molar-refractivity contribution is 6.32. The number of carbonyl (C=O) groups excluding carboxylic acids is 2.